The van der Waals surface area contributed by atoms with Crippen molar-refractivity contribution in [3.8, 4) is 0 Å². The van der Waals surface area contributed by atoms with Crippen LogP contribution in [0.3, 0.4) is 0 Å². The molecule has 0 spiro atoms. The largest absolute Gasteiger partial charge is 0.353 e. The quantitative estimate of drug-likeness (QED) is 0.851. The van der Waals surface area contributed by atoms with Crippen molar-refractivity contribution < 1.29 is 4.79 Å². The number of carbonyl (C=O) groups excluding carboxylic acids is 1. The van der Waals surface area contributed by atoms with Crippen LogP contribution in [0.4, 0.5) is 0 Å². The second kappa shape index (κ2) is 5.87. The second-order valence-corrected chi connectivity index (χ2v) is 5.95. The first kappa shape index (κ1) is 13.6. The third kappa shape index (κ3) is 2.94. The number of carbonyl (C=O) groups is 1. The van der Waals surface area contributed by atoms with E-state index in [9.17, 15) is 4.79 Å². The smallest absolute Gasteiger partial charge is 0.223 e. The van der Waals surface area contributed by atoms with E-state index in [1.165, 1.54) is 11.1 Å². The van der Waals surface area contributed by atoms with Crippen molar-refractivity contribution in [1.82, 2.24) is 5.32 Å². The standard InChI is InChI=1S/C15H20BrNO/c1-10(9-16)11(2)17-15(18)14-7-12-5-3-4-6-13(12)8-14/h3-6,10-11,14H,7-9H2,1-2H3,(H,17,18). The molecule has 2 nitrogen and oxygen atoms in total. The second-order valence-electron chi connectivity index (χ2n) is 5.30. The SMILES string of the molecule is CC(CBr)C(C)NC(=O)C1Cc2ccccc2C1. The molecule has 0 aromatic heterocycles. The zero-order valence-corrected chi connectivity index (χ0v) is 12.5. The minimum absolute atomic E-state index is 0.118. The molecule has 0 saturated heterocycles. The lowest BCUT2D eigenvalue weighted by molar-refractivity contribution is -0.125. The van der Waals surface area contributed by atoms with Gasteiger partial charge >= 0.3 is 0 Å². The molecule has 1 aromatic carbocycles. The molecule has 0 heterocycles. The molecule has 2 rings (SSSR count). The van der Waals surface area contributed by atoms with E-state index in [2.05, 4.69) is 59.4 Å². The number of hydrogen-bond acceptors (Lipinski definition) is 1. The van der Waals surface area contributed by atoms with E-state index in [0.717, 1.165) is 18.2 Å². The third-order valence-corrected chi connectivity index (χ3v) is 4.91. The number of halogens is 1. The van der Waals surface area contributed by atoms with E-state index >= 15 is 0 Å². The number of benzene rings is 1. The van der Waals surface area contributed by atoms with Gasteiger partial charge in [0.2, 0.25) is 5.91 Å². The molecule has 1 aromatic rings. The Balaban J connectivity index is 1.93. The first-order valence-electron chi connectivity index (χ1n) is 6.55. The Morgan fingerprint density at radius 3 is 2.39 bits per heavy atom. The first-order chi connectivity index (χ1) is 8.61. The third-order valence-electron chi connectivity index (χ3n) is 3.89. The Morgan fingerprint density at radius 2 is 1.89 bits per heavy atom. The van der Waals surface area contributed by atoms with Crippen LogP contribution in [0, 0.1) is 11.8 Å². The maximum Gasteiger partial charge on any atom is 0.223 e. The van der Waals surface area contributed by atoms with Crippen molar-refractivity contribution in [2.24, 2.45) is 11.8 Å². The van der Waals surface area contributed by atoms with Gasteiger partial charge in [0.25, 0.3) is 0 Å². The molecular weight excluding hydrogens is 290 g/mol. The van der Waals surface area contributed by atoms with Crippen LogP contribution in [0.15, 0.2) is 24.3 Å². The van der Waals surface area contributed by atoms with E-state index in [1.807, 2.05) is 0 Å². The molecule has 2 atom stereocenters. The van der Waals surface area contributed by atoms with E-state index in [4.69, 9.17) is 0 Å². The fourth-order valence-corrected chi connectivity index (χ4v) is 2.92. The molecule has 3 heteroatoms. The topological polar surface area (TPSA) is 29.1 Å². The zero-order valence-electron chi connectivity index (χ0n) is 10.9. The molecule has 0 fully saturated rings. The van der Waals surface area contributed by atoms with Crippen LogP contribution in [-0.4, -0.2) is 17.3 Å². The number of hydrogen-bond donors (Lipinski definition) is 1. The van der Waals surface area contributed by atoms with Gasteiger partial charge in [-0.2, -0.15) is 0 Å². The average molecular weight is 310 g/mol. The monoisotopic (exact) mass is 309 g/mol. The number of amides is 1. The minimum Gasteiger partial charge on any atom is -0.353 e. The highest BCUT2D eigenvalue weighted by Crippen LogP contribution is 2.26. The molecule has 2 unspecified atom stereocenters. The number of alkyl halides is 1. The van der Waals surface area contributed by atoms with Gasteiger partial charge in [-0.15, -0.1) is 0 Å². The number of rotatable bonds is 4. The van der Waals surface area contributed by atoms with Crippen LogP contribution in [0.5, 0.6) is 0 Å². The Hall–Kier alpha value is -0.830. The number of fused-ring (bicyclic) bond motifs is 1. The average Bonchev–Trinajstić information content (AvgIpc) is 2.81. The summed E-state index contributed by atoms with van der Waals surface area (Å²) in [6.45, 7) is 4.22. The fraction of sp³-hybridized carbons (Fsp3) is 0.533. The summed E-state index contributed by atoms with van der Waals surface area (Å²) in [5, 5.41) is 4.05. The zero-order chi connectivity index (χ0) is 13.1. The number of nitrogens with one attached hydrogen (secondary N) is 1. The molecule has 1 N–H and O–H groups in total. The van der Waals surface area contributed by atoms with Gasteiger partial charge < -0.3 is 5.32 Å². The van der Waals surface area contributed by atoms with Gasteiger partial charge in [0.1, 0.15) is 0 Å². The lowest BCUT2D eigenvalue weighted by Gasteiger charge is -2.21. The highest BCUT2D eigenvalue weighted by molar-refractivity contribution is 9.09. The summed E-state index contributed by atoms with van der Waals surface area (Å²) >= 11 is 3.46. The molecule has 1 aliphatic carbocycles. The van der Waals surface area contributed by atoms with Gasteiger partial charge in [-0.25, -0.2) is 0 Å². The Labute approximate surface area is 117 Å². The van der Waals surface area contributed by atoms with Crippen molar-refractivity contribution in [1.29, 1.82) is 0 Å². The lowest BCUT2D eigenvalue weighted by atomic mass is 10.0. The molecule has 18 heavy (non-hydrogen) atoms. The Kier molecular flexibility index (Phi) is 4.44. The fourth-order valence-electron chi connectivity index (χ4n) is 2.36. The predicted molar refractivity (Wildman–Crippen MR) is 77.9 cm³/mol. The van der Waals surface area contributed by atoms with Crippen molar-refractivity contribution in [3.05, 3.63) is 35.4 Å². The Bertz CT molecular complexity index is 407. The van der Waals surface area contributed by atoms with Crippen LogP contribution in [0.2, 0.25) is 0 Å². The van der Waals surface area contributed by atoms with Crippen molar-refractivity contribution >= 4 is 21.8 Å². The summed E-state index contributed by atoms with van der Waals surface area (Å²) in [5.41, 5.74) is 2.66. The molecule has 0 aliphatic heterocycles. The van der Waals surface area contributed by atoms with Crippen molar-refractivity contribution in [2.75, 3.05) is 5.33 Å². The van der Waals surface area contributed by atoms with Gasteiger partial charge in [0.05, 0.1) is 0 Å². The van der Waals surface area contributed by atoms with E-state index < -0.39 is 0 Å². The molecular formula is C15H20BrNO. The highest BCUT2D eigenvalue weighted by Gasteiger charge is 2.28. The van der Waals surface area contributed by atoms with Gasteiger partial charge in [-0.05, 0) is 36.8 Å². The van der Waals surface area contributed by atoms with Crippen LogP contribution < -0.4 is 5.32 Å². The molecule has 0 saturated carbocycles. The summed E-state index contributed by atoms with van der Waals surface area (Å²) in [6.07, 6.45) is 1.77. The van der Waals surface area contributed by atoms with Gasteiger partial charge in [0.15, 0.2) is 0 Å². The van der Waals surface area contributed by atoms with Crippen LogP contribution in [-0.2, 0) is 17.6 Å². The van der Waals surface area contributed by atoms with E-state index in [1.54, 1.807) is 0 Å². The maximum absolute atomic E-state index is 12.2. The predicted octanol–water partition coefficient (Wildman–Crippen LogP) is 2.94. The summed E-state index contributed by atoms with van der Waals surface area (Å²) in [5.74, 6) is 0.775. The molecule has 1 aliphatic rings. The summed E-state index contributed by atoms with van der Waals surface area (Å²) in [6, 6.07) is 8.59. The first-order valence-corrected chi connectivity index (χ1v) is 7.67. The molecule has 0 radical (unpaired) electrons. The normalized spacial score (nSPS) is 18.2. The lowest BCUT2D eigenvalue weighted by Crippen LogP contribution is -2.41. The minimum atomic E-state index is 0.118. The van der Waals surface area contributed by atoms with Gasteiger partial charge in [-0.1, -0.05) is 47.1 Å². The summed E-state index contributed by atoms with van der Waals surface area (Å²) < 4.78 is 0. The van der Waals surface area contributed by atoms with E-state index in [-0.39, 0.29) is 17.9 Å². The molecule has 0 bridgehead atoms. The highest BCUT2D eigenvalue weighted by atomic mass is 79.9. The summed E-state index contributed by atoms with van der Waals surface area (Å²) in [7, 11) is 0. The van der Waals surface area contributed by atoms with Crippen LogP contribution in [0.1, 0.15) is 25.0 Å². The summed E-state index contributed by atoms with van der Waals surface area (Å²) in [4.78, 5) is 12.2. The molecule has 1 amide bonds. The van der Waals surface area contributed by atoms with Crippen LogP contribution >= 0.6 is 15.9 Å². The Morgan fingerprint density at radius 1 is 1.33 bits per heavy atom. The van der Waals surface area contributed by atoms with Crippen molar-refractivity contribution in [2.45, 2.75) is 32.7 Å². The van der Waals surface area contributed by atoms with Gasteiger partial charge in [0, 0.05) is 17.3 Å². The van der Waals surface area contributed by atoms with Crippen molar-refractivity contribution in [3.63, 3.8) is 0 Å². The molecule has 98 valence electrons. The maximum atomic E-state index is 12.2. The van der Waals surface area contributed by atoms with Crippen LogP contribution in [0.25, 0.3) is 0 Å². The van der Waals surface area contributed by atoms with Gasteiger partial charge in [-0.3, -0.25) is 4.79 Å². The van der Waals surface area contributed by atoms with E-state index in [0.29, 0.717) is 5.92 Å².